The Hall–Kier alpha value is -2.93. The lowest BCUT2D eigenvalue weighted by Gasteiger charge is -2.18. The molecule has 2 aliphatic carbocycles. The van der Waals surface area contributed by atoms with Crippen molar-refractivity contribution in [1.82, 2.24) is 24.9 Å². The van der Waals surface area contributed by atoms with E-state index in [-0.39, 0.29) is 17.9 Å². The second kappa shape index (κ2) is 7.48. The summed E-state index contributed by atoms with van der Waals surface area (Å²) in [5, 5.41) is 22.4. The highest BCUT2D eigenvalue weighted by Gasteiger charge is 2.34. The topological polar surface area (TPSA) is 85.0 Å². The smallest absolute Gasteiger partial charge is 0.253 e. The van der Waals surface area contributed by atoms with Gasteiger partial charge < -0.3 is 10.4 Å². The van der Waals surface area contributed by atoms with E-state index in [1.54, 1.807) is 10.9 Å². The molecule has 2 heterocycles. The molecule has 0 saturated heterocycles. The predicted octanol–water partition coefficient (Wildman–Crippen LogP) is 2.52. The number of nitrogens with zero attached hydrogens (tertiary/aromatic N) is 4. The number of aliphatic hydroxyl groups is 1. The van der Waals surface area contributed by atoms with Crippen LogP contribution in [0.25, 0.3) is 5.69 Å². The van der Waals surface area contributed by atoms with Crippen molar-refractivity contribution in [1.29, 1.82) is 0 Å². The van der Waals surface area contributed by atoms with Gasteiger partial charge in [0, 0.05) is 31.1 Å². The first-order valence-corrected chi connectivity index (χ1v) is 10.3. The number of hydrogen-bond donors (Lipinski definition) is 2. The third-order valence-corrected chi connectivity index (χ3v) is 5.95. The van der Waals surface area contributed by atoms with E-state index in [0.29, 0.717) is 17.9 Å². The molecule has 2 fully saturated rings. The van der Waals surface area contributed by atoms with Gasteiger partial charge in [0.25, 0.3) is 5.91 Å². The molecule has 7 heteroatoms. The zero-order valence-electron chi connectivity index (χ0n) is 16.2. The average molecular weight is 391 g/mol. The van der Waals surface area contributed by atoms with Crippen LogP contribution in [0, 0.1) is 5.92 Å². The van der Waals surface area contributed by atoms with Crippen molar-refractivity contribution >= 4 is 5.91 Å². The molecule has 2 aliphatic rings. The van der Waals surface area contributed by atoms with E-state index >= 15 is 0 Å². The summed E-state index contributed by atoms with van der Waals surface area (Å²) in [6.45, 7) is 0.754. The molecule has 2 N–H and O–H groups in total. The van der Waals surface area contributed by atoms with Gasteiger partial charge in [-0.2, -0.15) is 10.2 Å². The number of carbonyl (C=O) groups is 1. The largest absolute Gasteiger partial charge is 0.391 e. The van der Waals surface area contributed by atoms with Gasteiger partial charge in [-0.25, -0.2) is 4.68 Å². The Balaban J connectivity index is 1.29. The highest BCUT2D eigenvalue weighted by atomic mass is 16.3. The number of aromatic nitrogens is 4. The highest BCUT2D eigenvalue weighted by Crippen LogP contribution is 2.39. The van der Waals surface area contributed by atoms with Crippen LogP contribution in [0.3, 0.4) is 0 Å². The van der Waals surface area contributed by atoms with Gasteiger partial charge in [0.15, 0.2) is 0 Å². The van der Waals surface area contributed by atoms with Crippen LogP contribution in [0.2, 0.25) is 0 Å². The molecule has 150 valence electrons. The quantitative estimate of drug-likeness (QED) is 0.676. The zero-order valence-corrected chi connectivity index (χ0v) is 16.2. The summed E-state index contributed by atoms with van der Waals surface area (Å²) in [4.78, 5) is 13.0. The molecule has 5 rings (SSSR count). The SMILES string of the molecule is O=C(N[C@@H]1CC(Cn2cccn2)C[C@H]1O)c1ccccc1-n1ccc(C2CC2)n1. The van der Waals surface area contributed by atoms with E-state index < -0.39 is 6.10 Å². The molecule has 3 aromatic rings. The van der Waals surface area contributed by atoms with E-state index in [1.165, 1.54) is 12.8 Å². The second-order valence-electron chi connectivity index (χ2n) is 8.19. The summed E-state index contributed by atoms with van der Waals surface area (Å²) in [6, 6.07) is 11.2. The molecule has 0 spiro atoms. The lowest BCUT2D eigenvalue weighted by Crippen LogP contribution is -2.40. The minimum Gasteiger partial charge on any atom is -0.391 e. The highest BCUT2D eigenvalue weighted by molar-refractivity contribution is 5.98. The van der Waals surface area contributed by atoms with Crippen LogP contribution in [0.15, 0.2) is 55.0 Å². The van der Waals surface area contributed by atoms with Gasteiger partial charge in [-0.1, -0.05) is 12.1 Å². The van der Waals surface area contributed by atoms with Crippen molar-refractivity contribution in [3.8, 4) is 5.69 Å². The maximum Gasteiger partial charge on any atom is 0.253 e. The standard InChI is InChI=1S/C22H25N5O2/c28-21-13-15(14-26-10-3-9-23-26)12-19(21)24-22(29)17-4-1-2-5-20(17)27-11-8-18(25-27)16-6-7-16/h1-5,8-11,15-16,19,21,28H,6-7,12-14H2,(H,24,29)/t15?,19-,21-/m1/s1. The molecule has 1 unspecified atom stereocenters. The number of carbonyl (C=O) groups excluding carboxylic acids is 1. The molecular weight excluding hydrogens is 366 g/mol. The monoisotopic (exact) mass is 391 g/mol. The summed E-state index contributed by atoms with van der Waals surface area (Å²) in [6.07, 6.45) is 8.85. The van der Waals surface area contributed by atoms with Crippen molar-refractivity contribution < 1.29 is 9.90 Å². The summed E-state index contributed by atoms with van der Waals surface area (Å²) >= 11 is 0. The molecular formula is C22H25N5O2. The van der Waals surface area contributed by atoms with Gasteiger partial charge in [0.05, 0.1) is 29.1 Å². The average Bonchev–Trinajstić information content (AvgIpc) is 3.11. The van der Waals surface area contributed by atoms with Gasteiger partial charge >= 0.3 is 0 Å². The van der Waals surface area contributed by atoms with Crippen molar-refractivity contribution in [2.75, 3.05) is 0 Å². The third kappa shape index (κ3) is 3.82. The molecule has 29 heavy (non-hydrogen) atoms. The van der Waals surface area contributed by atoms with E-state index in [0.717, 1.165) is 24.3 Å². The van der Waals surface area contributed by atoms with Gasteiger partial charge in [0.1, 0.15) is 0 Å². The van der Waals surface area contributed by atoms with Crippen LogP contribution in [-0.2, 0) is 6.54 Å². The minimum atomic E-state index is -0.544. The number of rotatable bonds is 6. The van der Waals surface area contributed by atoms with E-state index in [2.05, 4.69) is 15.5 Å². The van der Waals surface area contributed by atoms with Crippen LogP contribution in [0.1, 0.15) is 47.7 Å². The Morgan fingerprint density at radius 1 is 1.14 bits per heavy atom. The number of para-hydroxylation sites is 1. The predicted molar refractivity (Wildman–Crippen MR) is 108 cm³/mol. The maximum atomic E-state index is 13.0. The maximum absolute atomic E-state index is 13.0. The van der Waals surface area contributed by atoms with E-state index in [9.17, 15) is 9.90 Å². The normalized spacial score (nSPS) is 24.0. The van der Waals surface area contributed by atoms with Crippen molar-refractivity contribution in [2.45, 2.75) is 50.3 Å². The van der Waals surface area contributed by atoms with Crippen molar-refractivity contribution in [3.63, 3.8) is 0 Å². The summed E-state index contributed by atoms with van der Waals surface area (Å²) < 4.78 is 3.67. The van der Waals surface area contributed by atoms with Gasteiger partial charge in [-0.05, 0) is 55.9 Å². The van der Waals surface area contributed by atoms with E-state index in [1.807, 2.05) is 53.5 Å². The minimum absolute atomic E-state index is 0.173. The molecule has 2 saturated carbocycles. The Morgan fingerprint density at radius 3 is 2.79 bits per heavy atom. The Kier molecular flexibility index (Phi) is 4.67. The summed E-state index contributed by atoms with van der Waals surface area (Å²) in [7, 11) is 0. The molecule has 1 amide bonds. The van der Waals surface area contributed by atoms with Crippen LogP contribution in [0.5, 0.6) is 0 Å². The third-order valence-electron chi connectivity index (χ3n) is 5.95. The first-order chi connectivity index (χ1) is 14.2. The van der Waals surface area contributed by atoms with E-state index in [4.69, 9.17) is 0 Å². The van der Waals surface area contributed by atoms with Gasteiger partial charge in [0.2, 0.25) is 0 Å². The Morgan fingerprint density at radius 2 is 2.00 bits per heavy atom. The van der Waals surface area contributed by atoms with Gasteiger partial charge in [-0.3, -0.25) is 9.48 Å². The van der Waals surface area contributed by atoms with Crippen LogP contribution < -0.4 is 5.32 Å². The number of nitrogens with one attached hydrogen (secondary N) is 1. The van der Waals surface area contributed by atoms with Gasteiger partial charge in [-0.15, -0.1) is 0 Å². The first-order valence-electron chi connectivity index (χ1n) is 10.3. The molecule has 0 radical (unpaired) electrons. The molecule has 0 aliphatic heterocycles. The molecule has 0 bridgehead atoms. The molecule has 7 nitrogen and oxygen atoms in total. The fourth-order valence-electron chi connectivity index (χ4n) is 4.28. The second-order valence-corrected chi connectivity index (χ2v) is 8.19. The molecule has 2 aromatic heterocycles. The lowest BCUT2D eigenvalue weighted by molar-refractivity contribution is 0.0872. The van der Waals surface area contributed by atoms with Crippen LogP contribution in [0.4, 0.5) is 0 Å². The van der Waals surface area contributed by atoms with Crippen LogP contribution >= 0.6 is 0 Å². The van der Waals surface area contributed by atoms with Crippen molar-refractivity contribution in [2.24, 2.45) is 5.92 Å². The Labute approximate surface area is 169 Å². The summed E-state index contributed by atoms with van der Waals surface area (Å²) in [5.41, 5.74) is 2.42. The molecule has 1 aromatic carbocycles. The summed E-state index contributed by atoms with van der Waals surface area (Å²) in [5.74, 6) is 0.683. The first kappa shape index (κ1) is 18.1. The van der Waals surface area contributed by atoms with Crippen LogP contribution in [-0.4, -0.2) is 42.7 Å². The number of benzene rings is 1. The lowest BCUT2D eigenvalue weighted by atomic mass is 10.1. The number of amides is 1. The zero-order chi connectivity index (χ0) is 19.8. The number of hydrogen-bond acceptors (Lipinski definition) is 4. The number of aliphatic hydroxyl groups excluding tert-OH is 1. The van der Waals surface area contributed by atoms with Crippen molar-refractivity contribution in [3.05, 3.63) is 66.2 Å². The fraction of sp³-hybridized carbons (Fsp3) is 0.409. The molecule has 3 atom stereocenters. The fourth-order valence-corrected chi connectivity index (χ4v) is 4.28. The Bertz CT molecular complexity index is 992.